The van der Waals surface area contributed by atoms with E-state index in [9.17, 15) is 14.4 Å². The summed E-state index contributed by atoms with van der Waals surface area (Å²) < 4.78 is 14.9. The molecule has 2 N–H and O–H groups in total. The number of amides is 2. The van der Waals surface area contributed by atoms with Crippen molar-refractivity contribution < 1.29 is 28.6 Å². The van der Waals surface area contributed by atoms with Crippen LogP contribution in [0.2, 0.25) is 0 Å². The summed E-state index contributed by atoms with van der Waals surface area (Å²) in [4.78, 5) is 36.0. The first-order valence-corrected chi connectivity index (χ1v) is 10.5. The van der Waals surface area contributed by atoms with Gasteiger partial charge in [0, 0.05) is 28.6 Å². The predicted octanol–water partition coefficient (Wildman–Crippen LogP) is 5.13. The number of carbonyl (C=O) groups is 3. The van der Waals surface area contributed by atoms with Crippen LogP contribution in [0.5, 0.6) is 11.5 Å². The molecular weight excluding hydrogens is 436 g/mol. The highest BCUT2D eigenvalue weighted by atomic mass is 16.7. The first-order chi connectivity index (χ1) is 16.5. The summed E-state index contributed by atoms with van der Waals surface area (Å²) in [5.41, 5.74) is 2.31. The molecule has 3 rings (SSSR count). The summed E-state index contributed by atoms with van der Waals surface area (Å²) in [6, 6.07) is 20.2. The number of methoxy groups -OCH3 is 1. The van der Waals surface area contributed by atoms with Crippen LogP contribution in [0.25, 0.3) is 6.08 Å². The molecule has 0 aromatic heterocycles. The molecule has 8 nitrogen and oxygen atoms in total. The lowest BCUT2D eigenvalue weighted by molar-refractivity contribution is -0.111. The van der Waals surface area contributed by atoms with Gasteiger partial charge in [0.1, 0.15) is 11.5 Å². The van der Waals surface area contributed by atoms with E-state index in [0.717, 1.165) is 5.56 Å². The SMILES string of the molecule is CCOC(=O)Oc1ccc(C(=O)Nc2ccc(NC(=O)/C=C/c3ccccc3OC)cc2)cc1. The van der Waals surface area contributed by atoms with Crippen molar-refractivity contribution in [1.82, 2.24) is 0 Å². The highest BCUT2D eigenvalue weighted by Gasteiger charge is 2.09. The van der Waals surface area contributed by atoms with Crippen molar-refractivity contribution in [3.63, 3.8) is 0 Å². The number of hydrogen-bond donors (Lipinski definition) is 2. The summed E-state index contributed by atoms with van der Waals surface area (Å²) in [6.45, 7) is 1.89. The number of hydrogen-bond acceptors (Lipinski definition) is 6. The Morgan fingerprint density at radius 2 is 1.50 bits per heavy atom. The van der Waals surface area contributed by atoms with Crippen molar-refractivity contribution in [1.29, 1.82) is 0 Å². The molecule has 0 radical (unpaired) electrons. The Morgan fingerprint density at radius 1 is 0.853 bits per heavy atom. The Balaban J connectivity index is 1.54. The molecule has 174 valence electrons. The fraction of sp³-hybridized carbons (Fsp3) is 0.115. The van der Waals surface area contributed by atoms with Crippen LogP contribution in [-0.4, -0.2) is 31.7 Å². The van der Waals surface area contributed by atoms with E-state index in [2.05, 4.69) is 10.6 Å². The van der Waals surface area contributed by atoms with Gasteiger partial charge < -0.3 is 24.8 Å². The number of anilines is 2. The number of para-hydroxylation sites is 1. The van der Waals surface area contributed by atoms with Crippen LogP contribution in [0.15, 0.2) is 78.9 Å². The van der Waals surface area contributed by atoms with E-state index in [-0.39, 0.29) is 24.2 Å². The molecule has 3 aromatic rings. The minimum atomic E-state index is -0.804. The van der Waals surface area contributed by atoms with Crippen molar-refractivity contribution in [3.05, 3.63) is 90.0 Å². The molecule has 0 spiro atoms. The fourth-order valence-corrected chi connectivity index (χ4v) is 2.91. The van der Waals surface area contributed by atoms with Gasteiger partial charge in [-0.3, -0.25) is 9.59 Å². The Hall–Kier alpha value is -4.59. The second kappa shape index (κ2) is 11.9. The van der Waals surface area contributed by atoms with Crippen LogP contribution in [-0.2, 0) is 9.53 Å². The van der Waals surface area contributed by atoms with Gasteiger partial charge in [-0.05, 0) is 67.6 Å². The van der Waals surface area contributed by atoms with E-state index in [0.29, 0.717) is 22.7 Å². The molecule has 0 aliphatic heterocycles. The zero-order valence-corrected chi connectivity index (χ0v) is 18.7. The molecule has 0 heterocycles. The lowest BCUT2D eigenvalue weighted by Gasteiger charge is -2.08. The molecule has 34 heavy (non-hydrogen) atoms. The number of nitrogens with one attached hydrogen (secondary N) is 2. The number of rotatable bonds is 8. The van der Waals surface area contributed by atoms with E-state index in [1.54, 1.807) is 44.4 Å². The molecular formula is C26H24N2O6. The lowest BCUT2D eigenvalue weighted by Crippen LogP contribution is -2.13. The quantitative estimate of drug-likeness (QED) is 0.274. The van der Waals surface area contributed by atoms with Gasteiger partial charge in [-0.2, -0.15) is 0 Å². The monoisotopic (exact) mass is 460 g/mol. The molecule has 2 amide bonds. The molecule has 0 unspecified atom stereocenters. The van der Waals surface area contributed by atoms with E-state index in [1.807, 2.05) is 24.3 Å². The molecule has 0 fully saturated rings. The maximum absolute atomic E-state index is 12.5. The molecule has 0 atom stereocenters. The molecule has 0 aliphatic rings. The summed E-state index contributed by atoms with van der Waals surface area (Å²) in [5.74, 6) is 0.315. The Morgan fingerprint density at radius 3 is 2.15 bits per heavy atom. The molecule has 0 aliphatic carbocycles. The Labute approximate surface area is 197 Å². The number of ether oxygens (including phenoxy) is 3. The zero-order chi connectivity index (χ0) is 24.3. The van der Waals surface area contributed by atoms with Gasteiger partial charge in [0.2, 0.25) is 5.91 Å². The summed E-state index contributed by atoms with van der Waals surface area (Å²) in [6.07, 6.45) is 2.29. The van der Waals surface area contributed by atoms with Crippen LogP contribution in [0.3, 0.4) is 0 Å². The van der Waals surface area contributed by atoms with Gasteiger partial charge in [-0.25, -0.2) is 4.79 Å². The summed E-state index contributed by atoms with van der Waals surface area (Å²) in [7, 11) is 1.57. The third kappa shape index (κ3) is 6.96. The first kappa shape index (κ1) is 24.1. The summed E-state index contributed by atoms with van der Waals surface area (Å²) >= 11 is 0. The van der Waals surface area contributed by atoms with Gasteiger partial charge in [0.25, 0.3) is 5.91 Å². The third-order valence-electron chi connectivity index (χ3n) is 4.54. The predicted molar refractivity (Wildman–Crippen MR) is 129 cm³/mol. The van der Waals surface area contributed by atoms with Crippen LogP contribution in [0.1, 0.15) is 22.8 Å². The van der Waals surface area contributed by atoms with E-state index < -0.39 is 6.16 Å². The smallest absolute Gasteiger partial charge is 0.496 e. The van der Waals surface area contributed by atoms with E-state index in [4.69, 9.17) is 14.2 Å². The highest BCUT2D eigenvalue weighted by molar-refractivity contribution is 6.05. The minimum Gasteiger partial charge on any atom is -0.496 e. The number of benzene rings is 3. The van der Waals surface area contributed by atoms with Gasteiger partial charge in [0.15, 0.2) is 0 Å². The number of carbonyl (C=O) groups excluding carboxylic acids is 3. The standard InChI is InChI=1S/C26H24N2O6/c1-3-33-26(31)34-22-15-8-19(9-16-22)25(30)28-21-13-11-20(12-14-21)27-24(29)17-10-18-6-4-5-7-23(18)32-2/h4-17H,3H2,1-2H3,(H,27,29)(H,28,30)/b17-10+. The molecule has 8 heteroatoms. The maximum atomic E-state index is 12.5. The molecule has 0 bridgehead atoms. The second-order valence-electron chi connectivity index (χ2n) is 6.91. The average molecular weight is 460 g/mol. The van der Waals surface area contributed by atoms with Gasteiger partial charge >= 0.3 is 6.16 Å². The van der Waals surface area contributed by atoms with Crippen LogP contribution in [0.4, 0.5) is 16.2 Å². The summed E-state index contributed by atoms with van der Waals surface area (Å²) in [5, 5.41) is 5.53. The van der Waals surface area contributed by atoms with Crippen molar-refractivity contribution >= 4 is 35.4 Å². The average Bonchev–Trinajstić information content (AvgIpc) is 2.84. The Kier molecular flexibility index (Phi) is 8.40. The van der Waals surface area contributed by atoms with E-state index >= 15 is 0 Å². The topological polar surface area (TPSA) is 103 Å². The van der Waals surface area contributed by atoms with Crippen LogP contribution < -0.4 is 20.1 Å². The van der Waals surface area contributed by atoms with Crippen molar-refractivity contribution in [3.8, 4) is 11.5 Å². The molecule has 0 saturated carbocycles. The minimum absolute atomic E-state index is 0.210. The van der Waals surface area contributed by atoms with Crippen molar-refractivity contribution in [2.75, 3.05) is 24.4 Å². The molecule has 3 aromatic carbocycles. The van der Waals surface area contributed by atoms with Gasteiger partial charge in [-0.1, -0.05) is 18.2 Å². The first-order valence-electron chi connectivity index (χ1n) is 10.5. The normalized spacial score (nSPS) is 10.4. The second-order valence-corrected chi connectivity index (χ2v) is 6.91. The largest absolute Gasteiger partial charge is 0.513 e. The highest BCUT2D eigenvalue weighted by Crippen LogP contribution is 2.19. The van der Waals surface area contributed by atoms with E-state index in [1.165, 1.54) is 30.3 Å². The van der Waals surface area contributed by atoms with Crippen LogP contribution in [0, 0.1) is 0 Å². The zero-order valence-electron chi connectivity index (χ0n) is 18.7. The third-order valence-corrected chi connectivity index (χ3v) is 4.54. The van der Waals surface area contributed by atoms with Crippen molar-refractivity contribution in [2.24, 2.45) is 0 Å². The van der Waals surface area contributed by atoms with Gasteiger partial charge in [-0.15, -0.1) is 0 Å². The lowest BCUT2D eigenvalue weighted by atomic mass is 10.2. The van der Waals surface area contributed by atoms with Crippen LogP contribution >= 0.6 is 0 Å². The van der Waals surface area contributed by atoms with Gasteiger partial charge in [0.05, 0.1) is 13.7 Å². The van der Waals surface area contributed by atoms with Crippen molar-refractivity contribution in [2.45, 2.75) is 6.92 Å². The fourth-order valence-electron chi connectivity index (χ4n) is 2.91. The maximum Gasteiger partial charge on any atom is 0.513 e. The molecule has 0 saturated heterocycles. The Bertz CT molecular complexity index is 1170.